The molecule has 4 aromatic rings. The number of hydrogen-bond donors (Lipinski definition) is 0. The lowest BCUT2D eigenvalue weighted by molar-refractivity contribution is 0.0394. The molecule has 6 nitrogen and oxygen atoms in total. The average molecular weight is 412 g/mol. The van der Waals surface area contributed by atoms with Crippen LogP contribution in [0.15, 0.2) is 54.9 Å². The maximum absolute atomic E-state index is 13.9. The number of nitrogens with zero attached hydrogens (tertiary/aromatic N) is 5. The van der Waals surface area contributed by atoms with E-state index in [1.807, 2.05) is 47.7 Å². The maximum Gasteiger partial charge on any atom is 0.255 e. The van der Waals surface area contributed by atoms with Crippen LogP contribution in [0.25, 0.3) is 22.3 Å². The molecule has 3 aromatic heterocycles. The van der Waals surface area contributed by atoms with E-state index < -0.39 is 0 Å². The molecule has 1 saturated heterocycles. The molecule has 0 aliphatic carbocycles. The number of carbonyl (C=O) groups is 1. The van der Waals surface area contributed by atoms with Gasteiger partial charge in [0.25, 0.3) is 5.91 Å². The fourth-order valence-electron chi connectivity index (χ4n) is 5.60. The van der Waals surface area contributed by atoms with Crippen molar-refractivity contribution < 1.29 is 4.79 Å². The van der Waals surface area contributed by atoms with Crippen molar-refractivity contribution in [3.8, 4) is 11.3 Å². The van der Waals surface area contributed by atoms with Crippen LogP contribution >= 0.6 is 0 Å². The molecule has 6 rings (SSSR count). The summed E-state index contributed by atoms with van der Waals surface area (Å²) in [6.45, 7) is 0. The Morgan fingerprint density at radius 1 is 1.06 bits per heavy atom. The predicted molar refractivity (Wildman–Crippen MR) is 120 cm³/mol. The van der Waals surface area contributed by atoms with Gasteiger partial charge >= 0.3 is 0 Å². The summed E-state index contributed by atoms with van der Waals surface area (Å²) in [5.74, 6) is 0.103. The third-order valence-electron chi connectivity index (χ3n) is 6.96. The summed E-state index contributed by atoms with van der Waals surface area (Å²) in [6.07, 6.45) is 7.70. The minimum atomic E-state index is 0.0330. The molecule has 2 bridgehead atoms. The Morgan fingerprint density at radius 3 is 2.74 bits per heavy atom. The van der Waals surface area contributed by atoms with Crippen molar-refractivity contribution in [2.75, 3.05) is 0 Å². The first-order valence-electron chi connectivity index (χ1n) is 11.0. The normalized spacial score (nSPS) is 20.1. The molecule has 2 aliphatic rings. The molecular weight excluding hydrogens is 386 g/mol. The quantitative estimate of drug-likeness (QED) is 0.495. The Labute approximate surface area is 181 Å². The molecular formula is C25H25N5O. The monoisotopic (exact) mass is 411 g/mol. The van der Waals surface area contributed by atoms with Crippen molar-refractivity contribution in [2.45, 2.75) is 37.8 Å². The van der Waals surface area contributed by atoms with Crippen LogP contribution in [0.2, 0.25) is 0 Å². The van der Waals surface area contributed by atoms with Gasteiger partial charge in [-0.25, -0.2) is 4.98 Å². The summed E-state index contributed by atoms with van der Waals surface area (Å²) in [7, 11) is 3.98. The first kappa shape index (κ1) is 18.4. The van der Waals surface area contributed by atoms with Crippen molar-refractivity contribution in [1.82, 2.24) is 24.2 Å². The smallest absolute Gasteiger partial charge is 0.255 e. The summed E-state index contributed by atoms with van der Waals surface area (Å²) in [6, 6.07) is 14.6. The van der Waals surface area contributed by atoms with Crippen LogP contribution in [-0.2, 0) is 20.5 Å². The molecule has 2 atom stereocenters. The van der Waals surface area contributed by atoms with Crippen molar-refractivity contribution in [1.29, 1.82) is 0 Å². The van der Waals surface area contributed by atoms with E-state index in [0.29, 0.717) is 0 Å². The van der Waals surface area contributed by atoms with Crippen LogP contribution in [0.3, 0.4) is 0 Å². The molecule has 0 N–H and O–H groups in total. The standard InChI is InChI=1S/C25H25N5O/c1-28-14-12-18-19(11-13-26-24(18)28)25(31)30-17-9-6-10-21(30)22-20(15-17)23(29(2)27-22)16-7-4-3-5-8-16/h3-5,7-8,11-14,17,21H,6,9-10,15H2,1-2H3. The van der Waals surface area contributed by atoms with Crippen LogP contribution in [0.4, 0.5) is 0 Å². The third kappa shape index (κ3) is 2.67. The topological polar surface area (TPSA) is 56.0 Å². The number of aromatic nitrogens is 4. The van der Waals surface area contributed by atoms with Gasteiger partial charge in [-0.2, -0.15) is 5.10 Å². The highest BCUT2D eigenvalue weighted by Gasteiger charge is 2.43. The molecule has 1 aromatic carbocycles. The van der Waals surface area contributed by atoms with Gasteiger partial charge in [-0.1, -0.05) is 30.3 Å². The SMILES string of the molecule is Cn1nc2c(c1-c1ccccc1)CC1CCCC2N1C(=O)c1ccnc2c1ccn2C. The first-order chi connectivity index (χ1) is 15.1. The second-order valence-corrected chi connectivity index (χ2v) is 8.74. The summed E-state index contributed by atoms with van der Waals surface area (Å²) >= 11 is 0. The fourth-order valence-corrected chi connectivity index (χ4v) is 5.60. The van der Waals surface area contributed by atoms with Gasteiger partial charge in [0.05, 0.1) is 23.0 Å². The van der Waals surface area contributed by atoms with Gasteiger partial charge in [-0.05, 0) is 37.8 Å². The number of fused-ring (bicyclic) bond motifs is 5. The van der Waals surface area contributed by atoms with Gasteiger partial charge in [0, 0.05) is 49.0 Å². The molecule has 156 valence electrons. The van der Waals surface area contributed by atoms with Gasteiger partial charge in [0.1, 0.15) is 5.65 Å². The minimum absolute atomic E-state index is 0.0330. The zero-order chi connectivity index (χ0) is 21.1. The molecule has 2 unspecified atom stereocenters. The van der Waals surface area contributed by atoms with E-state index in [0.717, 1.165) is 48.0 Å². The van der Waals surface area contributed by atoms with E-state index in [1.54, 1.807) is 6.20 Å². The highest BCUT2D eigenvalue weighted by Crippen LogP contribution is 2.45. The molecule has 0 saturated carbocycles. The number of rotatable bonds is 2. The molecule has 1 amide bonds. The van der Waals surface area contributed by atoms with E-state index in [9.17, 15) is 4.79 Å². The van der Waals surface area contributed by atoms with Crippen LogP contribution in [-0.4, -0.2) is 36.2 Å². The van der Waals surface area contributed by atoms with Crippen LogP contribution < -0.4 is 0 Å². The lowest BCUT2D eigenvalue weighted by Crippen LogP contribution is -2.49. The van der Waals surface area contributed by atoms with Gasteiger partial charge in [0.2, 0.25) is 0 Å². The Balaban J connectivity index is 1.46. The summed E-state index contributed by atoms with van der Waals surface area (Å²) < 4.78 is 3.97. The van der Waals surface area contributed by atoms with Crippen molar-refractivity contribution >= 4 is 16.9 Å². The Kier molecular flexibility index (Phi) is 4.03. The summed E-state index contributed by atoms with van der Waals surface area (Å²) in [5, 5.41) is 5.87. The summed E-state index contributed by atoms with van der Waals surface area (Å²) in [4.78, 5) is 20.4. The van der Waals surface area contributed by atoms with Gasteiger partial charge in [-0.3, -0.25) is 9.48 Å². The van der Waals surface area contributed by atoms with E-state index in [4.69, 9.17) is 5.10 Å². The molecule has 0 radical (unpaired) electrons. The highest BCUT2D eigenvalue weighted by molar-refractivity contribution is 6.06. The van der Waals surface area contributed by atoms with E-state index in [1.165, 1.54) is 16.8 Å². The number of benzene rings is 1. The molecule has 0 spiro atoms. The average Bonchev–Trinajstić information content (AvgIpc) is 3.33. The van der Waals surface area contributed by atoms with Crippen LogP contribution in [0, 0.1) is 0 Å². The molecule has 31 heavy (non-hydrogen) atoms. The number of aryl methyl sites for hydroxylation is 2. The zero-order valence-electron chi connectivity index (χ0n) is 17.8. The lowest BCUT2D eigenvalue weighted by Gasteiger charge is -2.45. The van der Waals surface area contributed by atoms with Gasteiger partial charge in [0.15, 0.2) is 0 Å². The molecule has 6 heteroatoms. The Morgan fingerprint density at radius 2 is 1.90 bits per heavy atom. The fraction of sp³-hybridized carbons (Fsp3) is 0.320. The molecule has 1 fully saturated rings. The maximum atomic E-state index is 13.9. The van der Waals surface area contributed by atoms with E-state index in [-0.39, 0.29) is 18.0 Å². The summed E-state index contributed by atoms with van der Waals surface area (Å²) in [5.41, 5.74) is 6.35. The Bertz CT molecular complexity index is 1300. The number of hydrogen-bond acceptors (Lipinski definition) is 3. The number of carbonyl (C=O) groups excluding carboxylic acids is 1. The number of amides is 1. The number of piperidine rings is 1. The molecule has 5 heterocycles. The van der Waals surface area contributed by atoms with Gasteiger partial charge in [-0.15, -0.1) is 0 Å². The first-order valence-corrected chi connectivity index (χ1v) is 11.0. The number of pyridine rings is 1. The van der Waals surface area contributed by atoms with E-state index in [2.05, 4.69) is 34.1 Å². The van der Waals surface area contributed by atoms with Gasteiger partial charge < -0.3 is 9.47 Å². The lowest BCUT2D eigenvalue weighted by atomic mass is 9.81. The molecule has 2 aliphatic heterocycles. The Hall–Kier alpha value is -3.41. The predicted octanol–water partition coefficient (Wildman–Crippen LogP) is 4.27. The highest BCUT2D eigenvalue weighted by atomic mass is 16.2. The van der Waals surface area contributed by atoms with Crippen molar-refractivity contribution in [3.63, 3.8) is 0 Å². The zero-order valence-corrected chi connectivity index (χ0v) is 17.8. The largest absolute Gasteiger partial charge is 0.336 e. The van der Waals surface area contributed by atoms with Crippen molar-refractivity contribution in [3.05, 3.63) is 71.7 Å². The van der Waals surface area contributed by atoms with Crippen LogP contribution in [0.5, 0.6) is 0 Å². The minimum Gasteiger partial charge on any atom is -0.336 e. The van der Waals surface area contributed by atoms with Crippen molar-refractivity contribution in [2.24, 2.45) is 14.1 Å². The second-order valence-electron chi connectivity index (χ2n) is 8.74. The van der Waals surface area contributed by atoms with Crippen LogP contribution in [0.1, 0.15) is 46.9 Å². The second kappa shape index (κ2) is 6.80. The third-order valence-corrected chi connectivity index (χ3v) is 6.96. The van der Waals surface area contributed by atoms with E-state index >= 15 is 0 Å².